The zero-order valence-corrected chi connectivity index (χ0v) is 23.0. The Morgan fingerprint density at radius 3 is 2.49 bits per heavy atom. The number of methoxy groups -OCH3 is 2. The van der Waals surface area contributed by atoms with E-state index in [2.05, 4.69) is 5.32 Å². The lowest BCUT2D eigenvalue weighted by molar-refractivity contribution is -0.126. The number of benzene rings is 3. The van der Waals surface area contributed by atoms with Crippen molar-refractivity contribution in [2.24, 2.45) is 0 Å². The highest BCUT2D eigenvalue weighted by molar-refractivity contribution is 6.30. The summed E-state index contributed by atoms with van der Waals surface area (Å²) in [5.41, 5.74) is 2.80. The van der Waals surface area contributed by atoms with Gasteiger partial charge in [0.2, 0.25) is 5.91 Å². The van der Waals surface area contributed by atoms with E-state index >= 15 is 0 Å². The third-order valence-electron chi connectivity index (χ3n) is 7.06. The van der Waals surface area contributed by atoms with Crippen LogP contribution in [0.4, 0.5) is 5.69 Å². The van der Waals surface area contributed by atoms with Gasteiger partial charge in [-0.15, -0.1) is 0 Å². The molecule has 0 spiro atoms. The van der Waals surface area contributed by atoms with E-state index in [1.165, 1.54) is 0 Å². The van der Waals surface area contributed by atoms with Crippen molar-refractivity contribution in [3.63, 3.8) is 0 Å². The minimum atomic E-state index is -1.28. The first-order valence-electron chi connectivity index (χ1n) is 12.5. The van der Waals surface area contributed by atoms with E-state index in [9.17, 15) is 9.59 Å². The van der Waals surface area contributed by atoms with Crippen LogP contribution in [0.3, 0.4) is 0 Å². The number of aryl methyl sites for hydroxylation is 1. The average molecular weight is 545 g/mol. The molecule has 4 aromatic rings. The lowest BCUT2D eigenvalue weighted by atomic mass is 9.93. The van der Waals surface area contributed by atoms with E-state index in [1.807, 2.05) is 55.5 Å². The van der Waals surface area contributed by atoms with Gasteiger partial charge in [0, 0.05) is 28.4 Å². The number of nitrogens with zero attached hydrogens (tertiary/aromatic N) is 3. The van der Waals surface area contributed by atoms with Gasteiger partial charge in [-0.1, -0.05) is 29.8 Å². The predicted molar refractivity (Wildman–Crippen MR) is 150 cm³/mol. The molecular weight excluding hydrogens is 516 g/mol. The van der Waals surface area contributed by atoms with E-state index in [-0.39, 0.29) is 24.9 Å². The topological polar surface area (TPSA) is 85.7 Å². The first-order valence-corrected chi connectivity index (χ1v) is 12.9. The van der Waals surface area contributed by atoms with Crippen molar-refractivity contribution < 1.29 is 19.1 Å². The first kappa shape index (κ1) is 26.3. The van der Waals surface area contributed by atoms with Gasteiger partial charge in [0.15, 0.2) is 0 Å². The maximum Gasteiger partial charge on any atom is 0.277 e. The quantitative estimate of drug-likeness (QED) is 0.343. The van der Waals surface area contributed by atoms with Crippen molar-refractivity contribution in [1.29, 1.82) is 0 Å². The van der Waals surface area contributed by atoms with Gasteiger partial charge < -0.3 is 14.8 Å². The molecule has 0 saturated heterocycles. The Labute approximate surface area is 232 Å². The van der Waals surface area contributed by atoms with Crippen LogP contribution in [0.1, 0.15) is 28.5 Å². The zero-order chi connectivity index (χ0) is 27.7. The summed E-state index contributed by atoms with van der Waals surface area (Å²) in [5, 5.41) is 8.30. The third kappa shape index (κ3) is 4.83. The molecule has 200 valence electrons. The van der Waals surface area contributed by atoms with Crippen LogP contribution in [0.25, 0.3) is 11.3 Å². The first-order chi connectivity index (χ1) is 18.7. The molecule has 2 amide bonds. The normalized spacial score (nSPS) is 16.5. The number of nitrogens with one attached hydrogen (secondary N) is 1. The number of hydrogen-bond acceptors (Lipinski definition) is 5. The predicted octanol–water partition coefficient (Wildman–Crippen LogP) is 5.26. The molecule has 5 rings (SSSR count). The number of hydrogen-bond donors (Lipinski definition) is 1. The number of para-hydroxylation sites is 1. The maximum absolute atomic E-state index is 14.1. The second-order valence-corrected chi connectivity index (χ2v) is 10.1. The monoisotopic (exact) mass is 544 g/mol. The Bertz CT molecular complexity index is 1550. The SMILES string of the molecule is COc1ccc(-c2cc3n(n2)C[C@@](C)(C(=O)NCc2ccccc2OC)N(c2ccc(Cl)cc2C)C3=O)cc1. The summed E-state index contributed by atoms with van der Waals surface area (Å²) in [4.78, 5) is 29.6. The maximum atomic E-state index is 14.1. The number of ether oxygens (including phenoxy) is 2. The van der Waals surface area contributed by atoms with E-state index in [0.717, 1.165) is 22.4 Å². The van der Waals surface area contributed by atoms with Crippen molar-refractivity contribution in [1.82, 2.24) is 15.1 Å². The molecule has 0 fully saturated rings. The Kier molecular flexibility index (Phi) is 7.06. The van der Waals surface area contributed by atoms with Crippen LogP contribution in [-0.4, -0.2) is 41.4 Å². The van der Waals surface area contributed by atoms with Gasteiger partial charge in [-0.2, -0.15) is 5.10 Å². The number of fused-ring (bicyclic) bond motifs is 1. The minimum Gasteiger partial charge on any atom is -0.497 e. The molecule has 1 N–H and O–H groups in total. The fourth-order valence-corrected chi connectivity index (χ4v) is 5.17. The molecule has 39 heavy (non-hydrogen) atoms. The van der Waals surface area contributed by atoms with Gasteiger partial charge in [0.1, 0.15) is 22.7 Å². The molecule has 2 heterocycles. The van der Waals surface area contributed by atoms with Crippen LogP contribution in [0.2, 0.25) is 5.02 Å². The molecule has 1 aliphatic heterocycles. The van der Waals surface area contributed by atoms with Gasteiger partial charge in [0.05, 0.1) is 26.5 Å². The van der Waals surface area contributed by atoms with Gasteiger partial charge in [-0.25, -0.2) is 0 Å². The third-order valence-corrected chi connectivity index (χ3v) is 7.30. The number of aromatic nitrogens is 2. The highest BCUT2D eigenvalue weighted by atomic mass is 35.5. The summed E-state index contributed by atoms with van der Waals surface area (Å²) in [6.45, 7) is 4.03. The van der Waals surface area contributed by atoms with Crippen molar-refractivity contribution >= 4 is 29.1 Å². The summed E-state index contributed by atoms with van der Waals surface area (Å²) in [6.07, 6.45) is 0. The summed E-state index contributed by atoms with van der Waals surface area (Å²) in [5.74, 6) is 0.756. The number of amides is 2. The number of carbonyl (C=O) groups excluding carboxylic acids is 2. The van der Waals surface area contributed by atoms with Crippen molar-refractivity contribution in [2.45, 2.75) is 32.5 Å². The number of anilines is 1. The van der Waals surface area contributed by atoms with Gasteiger partial charge >= 0.3 is 0 Å². The van der Waals surface area contributed by atoms with E-state index < -0.39 is 5.54 Å². The van der Waals surface area contributed by atoms with E-state index in [4.69, 9.17) is 26.2 Å². The van der Waals surface area contributed by atoms with Gasteiger partial charge in [-0.05, 0) is 74.0 Å². The van der Waals surface area contributed by atoms with Crippen LogP contribution in [0, 0.1) is 6.92 Å². The molecule has 8 nitrogen and oxygen atoms in total. The van der Waals surface area contributed by atoms with Crippen molar-refractivity contribution in [3.05, 3.63) is 94.6 Å². The average Bonchev–Trinajstić information content (AvgIpc) is 3.37. The molecular formula is C30H29ClN4O4. The highest BCUT2D eigenvalue weighted by Crippen LogP contribution is 2.37. The second kappa shape index (κ2) is 10.5. The summed E-state index contributed by atoms with van der Waals surface area (Å²) in [7, 11) is 3.20. The molecule has 0 aliphatic carbocycles. The van der Waals surface area contributed by atoms with Crippen LogP contribution in [0.5, 0.6) is 11.5 Å². The largest absolute Gasteiger partial charge is 0.497 e. The Morgan fingerprint density at radius 1 is 1.05 bits per heavy atom. The zero-order valence-electron chi connectivity index (χ0n) is 22.2. The molecule has 0 unspecified atom stereocenters. The van der Waals surface area contributed by atoms with Gasteiger partial charge in [-0.3, -0.25) is 19.2 Å². The molecule has 1 aromatic heterocycles. The summed E-state index contributed by atoms with van der Waals surface area (Å²) in [6, 6.07) is 22.0. The molecule has 1 atom stereocenters. The van der Waals surface area contributed by atoms with Gasteiger partial charge in [0.25, 0.3) is 5.91 Å². The van der Waals surface area contributed by atoms with Crippen molar-refractivity contribution in [3.8, 4) is 22.8 Å². The lowest BCUT2D eigenvalue weighted by Gasteiger charge is -2.43. The molecule has 0 radical (unpaired) electrons. The number of rotatable bonds is 7. The molecule has 0 saturated carbocycles. The smallest absolute Gasteiger partial charge is 0.277 e. The molecule has 3 aromatic carbocycles. The van der Waals surface area contributed by atoms with Crippen LogP contribution in [0.15, 0.2) is 72.8 Å². The molecule has 0 bridgehead atoms. The van der Waals surface area contributed by atoms with E-state index in [1.54, 1.807) is 55.0 Å². The Balaban J connectivity index is 1.55. The minimum absolute atomic E-state index is 0.157. The fraction of sp³-hybridized carbons (Fsp3) is 0.233. The Hall–Kier alpha value is -4.30. The lowest BCUT2D eigenvalue weighted by Crippen LogP contribution is -2.64. The Morgan fingerprint density at radius 2 is 1.79 bits per heavy atom. The summed E-state index contributed by atoms with van der Waals surface area (Å²) < 4.78 is 12.3. The molecule has 1 aliphatic rings. The van der Waals surface area contributed by atoms with Crippen LogP contribution < -0.4 is 19.7 Å². The molecule has 9 heteroatoms. The number of halogens is 1. The highest BCUT2D eigenvalue weighted by Gasteiger charge is 2.49. The fourth-order valence-electron chi connectivity index (χ4n) is 4.95. The second-order valence-electron chi connectivity index (χ2n) is 9.64. The van der Waals surface area contributed by atoms with E-state index in [0.29, 0.717) is 27.8 Å². The van der Waals surface area contributed by atoms with Crippen LogP contribution in [-0.2, 0) is 17.9 Å². The standard InChI is InChI=1S/C30H29ClN4O4/c1-19-15-22(31)11-14-25(19)35-28(36)26-16-24(20-9-12-23(38-3)13-10-20)33-34(26)18-30(35,2)29(37)32-17-21-7-5-6-8-27(21)39-4/h5-16H,17-18H2,1-4H3,(H,32,37)/t30-/m0/s1. The summed E-state index contributed by atoms with van der Waals surface area (Å²) >= 11 is 6.23. The van der Waals surface area contributed by atoms with Crippen LogP contribution >= 0.6 is 11.6 Å². The van der Waals surface area contributed by atoms with Crippen molar-refractivity contribution in [2.75, 3.05) is 19.1 Å². The number of carbonyl (C=O) groups is 2.